The molecule has 0 nitrogen and oxygen atoms in total. The van der Waals surface area contributed by atoms with E-state index in [0.717, 1.165) is 36.3 Å². The van der Waals surface area contributed by atoms with Crippen LogP contribution in [0.5, 0.6) is 0 Å². The van der Waals surface area contributed by atoms with Crippen LogP contribution in [0, 0.1) is 23.5 Å². The van der Waals surface area contributed by atoms with E-state index < -0.39 is 11.6 Å². The Labute approximate surface area is 102 Å². The smallest absolute Gasteiger partial charge is 0.126 e. The fourth-order valence-corrected chi connectivity index (χ4v) is 2.93. The van der Waals surface area contributed by atoms with E-state index in [1.165, 1.54) is 25.0 Å². The van der Waals surface area contributed by atoms with Gasteiger partial charge in [-0.1, -0.05) is 13.8 Å². The monoisotopic (exact) mass is 238 g/mol. The van der Waals surface area contributed by atoms with Gasteiger partial charge in [0.15, 0.2) is 0 Å². The molecule has 0 N–H and O–H groups in total. The summed E-state index contributed by atoms with van der Waals surface area (Å²) in [5, 5.41) is 0. The first kappa shape index (κ1) is 12.5. The van der Waals surface area contributed by atoms with Gasteiger partial charge in [0.1, 0.15) is 11.6 Å². The summed E-state index contributed by atoms with van der Waals surface area (Å²) in [6.45, 7) is 4.51. The normalized spacial score (nSPS) is 25.2. The quantitative estimate of drug-likeness (QED) is 0.687. The van der Waals surface area contributed by atoms with Crippen LogP contribution in [-0.4, -0.2) is 0 Å². The van der Waals surface area contributed by atoms with Gasteiger partial charge in [-0.25, -0.2) is 8.78 Å². The largest absolute Gasteiger partial charge is 0.207 e. The van der Waals surface area contributed by atoms with Crippen LogP contribution in [0.2, 0.25) is 0 Å². The van der Waals surface area contributed by atoms with Crippen molar-refractivity contribution in [3.63, 3.8) is 0 Å². The molecule has 0 saturated heterocycles. The zero-order chi connectivity index (χ0) is 12.4. The number of hydrogen-bond acceptors (Lipinski definition) is 0. The lowest BCUT2D eigenvalue weighted by Gasteiger charge is -2.31. The first-order valence-electron chi connectivity index (χ1n) is 6.52. The molecule has 0 aliphatic heterocycles. The molecule has 2 heteroatoms. The molecular formula is C15H20F2. The molecule has 0 atom stereocenters. The molecule has 0 heterocycles. The Kier molecular flexibility index (Phi) is 3.80. The molecule has 1 aromatic carbocycles. The molecule has 94 valence electrons. The van der Waals surface area contributed by atoms with Gasteiger partial charge < -0.3 is 0 Å². The predicted molar refractivity (Wildman–Crippen MR) is 65.9 cm³/mol. The van der Waals surface area contributed by atoms with Gasteiger partial charge in [-0.05, 0) is 61.1 Å². The summed E-state index contributed by atoms with van der Waals surface area (Å²) >= 11 is 0. The standard InChI is InChI=1S/C15H20F2/c1-10(2)11-3-5-12(6-4-11)13-7-14(16)9-15(17)8-13/h7-12H,3-6H2,1-2H3. The molecule has 17 heavy (non-hydrogen) atoms. The number of rotatable bonds is 2. The minimum atomic E-state index is -0.453. The zero-order valence-corrected chi connectivity index (χ0v) is 10.5. The van der Waals surface area contributed by atoms with Crippen LogP contribution in [0.4, 0.5) is 8.78 Å². The van der Waals surface area contributed by atoms with Crippen LogP contribution >= 0.6 is 0 Å². The van der Waals surface area contributed by atoms with E-state index in [2.05, 4.69) is 13.8 Å². The van der Waals surface area contributed by atoms with Gasteiger partial charge in [-0.15, -0.1) is 0 Å². The highest BCUT2D eigenvalue weighted by Crippen LogP contribution is 2.38. The van der Waals surface area contributed by atoms with Gasteiger partial charge in [-0.3, -0.25) is 0 Å². The second-order valence-electron chi connectivity index (χ2n) is 5.56. The average Bonchev–Trinajstić information content (AvgIpc) is 2.28. The highest BCUT2D eigenvalue weighted by Gasteiger charge is 2.24. The van der Waals surface area contributed by atoms with E-state index in [1.807, 2.05) is 0 Å². The first-order chi connectivity index (χ1) is 8.06. The van der Waals surface area contributed by atoms with Crippen LogP contribution in [0.15, 0.2) is 18.2 Å². The fraction of sp³-hybridized carbons (Fsp3) is 0.600. The number of hydrogen-bond donors (Lipinski definition) is 0. The van der Waals surface area contributed by atoms with E-state index in [-0.39, 0.29) is 0 Å². The molecule has 0 bridgehead atoms. The van der Waals surface area contributed by atoms with Crippen LogP contribution in [0.25, 0.3) is 0 Å². The Balaban J connectivity index is 2.05. The van der Waals surface area contributed by atoms with E-state index in [4.69, 9.17) is 0 Å². The summed E-state index contributed by atoms with van der Waals surface area (Å²) in [4.78, 5) is 0. The van der Waals surface area contributed by atoms with E-state index in [9.17, 15) is 8.78 Å². The lowest BCUT2D eigenvalue weighted by Crippen LogP contribution is -2.17. The molecule has 1 aliphatic carbocycles. The molecule has 0 aromatic heterocycles. The van der Waals surface area contributed by atoms with Gasteiger partial charge in [-0.2, -0.15) is 0 Å². The average molecular weight is 238 g/mol. The number of halogens is 2. The molecule has 1 saturated carbocycles. The predicted octanol–water partition coefficient (Wildman–Crippen LogP) is 4.89. The van der Waals surface area contributed by atoms with Crippen molar-refractivity contribution in [1.29, 1.82) is 0 Å². The third kappa shape index (κ3) is 3.05. The Bertz CT molecular complexity index is 356. The molecule has 0 radical (unpaired) electrons. The topological polar surface area (TPSA) is 0 Å². The maximum Gasteiger partial charge on any atom is 0.126 e. The van der Waals surface area contributed by atoms with Crippen molar-refractivity contribution in [2.24, 2.45) is 11.8 Å². The summed E-state index contributed by atoms with van der Waals surface area (Å²) in [5.74, 6) is 0.942. The van der Waals surface area contributed by atoms with Crippen molar-refractivity contribution < 1.29 is 8.78 Å². The maximum absolute atomic E-state index is 13.1. The van der Waals surface area contributed by atoms with Crippen molar-refractivity contribution in [3.8, 4) is 0 Å². The van der Waals surface area contributed by atoms with E-state index in [1.54, 1.807) is 0 Å². The lowest BCUT2D eigenvalue weighted by molar-refractivity contribution is 0.258. The molecule has 1 fully saturated rings. The van der Waals surface area contributed by atoms with E-state index >= 15 is 0 Å². The summed E-state index contributed by atoms with van der Waals surface area (Å²) in [5.41, 5.74) is 0.838. The van der Waals surface area contributed by atoms with Gasteiger partial charge in [0.2, 0.25) is 0 Å². The van der Waals surface area contributed by atoms with Crippen LogP contribution < -0.4 is 0 Å². The van der Waals surface area contributed by atoms with E-state index in [0.29, 0.717) is 5.92 Å². The van der Waals surface area contributed by atoms with Gasteiger partial charge in [0.25, 0.3) is 0 Å². The highest BCUT2D eigenvalue weighted by molar-refractivity contribution is 5.22. The SMILES string of the molecule is CC(C)C1CCC(c2cc(F)cc(F)c2)CC1. The van der Waals surface area contributed by atoms with Crippen molar-refractivity contribution in [2.75, 3.05) is 0 Å². The third-order valence-corrected chi connectivity index (χ3v) is 4.07. The second kappa shape index (κ2) is 5.16. The summed E-state index contributed by atoms with van der Waals surface area (Å²) in [6, 6.07) is 3.93. The molecule has 1 aliphatic rings. The van der Waals surface area contributed by atoms with Crippen molar-refractivity contribution >= 4 is 0 Å². The Morgan fingerprint density at radius 2 is 1.47 bits per heavy atom. The third-order valence-electron chi connectivity index (χ3n) is 4.07. The van der Waals surface area contributed by atoms with Crippen molar-refractivity contribution in [2.45, 2.75) is 45.4 Å². The Morgan fingerprint density at radius 1 is 0.941 bits per heavy atom. The molecule has 1 aromatic rings. The fourth-order valence-electron chi connectivity index (χ4n) is 2.93. The van der Waals surface area contributed by atoms with Gasteiger partial charge in [0.05, 0.1) is 0 Å². The summed E-state index contributed by atoms with van der Waals surface area (Å²) in [6.07, 6.45) is 4.48. The summed E-state index contributed by atoms with van der Waals surface area (Å²) < 4.78 is 26.3. The lowest BCUT2D eigenvalue weighted by atomic mass is 9.75. The zero-order valence-electron chi connectivity index (χ0n) is 10.5. The Morgan fingerprint density at radius 3 is 1.94 bits per heavy atom. The minimum absolute atomic E-state index is 0.343. The molecular weight excluding hydrogens is 218 g/mol. The Hall–Kier alpha value is -0.920. The first-order valence-corrected chi connectivity index (χ1v) is 6.52. The van der Waals surface area contributed by atoms with Gasteiger partial charge in [0, 0.05) is 6.07 Å². The van der Waals surface area contributed by atoms with Crippen molar-refractivity contribution in [3.05, 3.63) is 35.4 Å². The van der Waals surface area contributed by atoms with Crippen LogP contribution in [-0.2, 0) is 0 Å². The van der Waals surface area contributed by atoms with Gasteiger partial charge >= 0.3 is 0 Å². The molecule has 0 amide bonds. The maximum atomic E-state index is 13.1. The van der Waals surface area contributed by atoms with Crippen LogP contribution in [0.3, 0.4) is 0 Å². The molecule has 2 rings (SSSR count). The van der Waals surface area contributed by atoms with Crippen molar-refractivity contribution in [1.82, 2.24) is 0 Å². The summed E-state index contributed by atoms with van der Waals surface area (Å²) in [7, 11) is 0. The highest BCUT2D eigenvalue weighted by atomic mass is 19.1. The molecule has 0 unspecified atom stereocenters. The minimum Gasteiger partial charge on any atom is -0.207 e. The molecule has 0 spiro atoms. The van der Waals surface area contributed by atoms with Crippen LogP contribution in [0.1, 0.15) is 51.0 Å². The number of benzene rings is 1. The second-order valence-corrected chi connectivity index (χ2v) is 5.56.